The Labute approximate surface area is 230 Å². The summed E-state index contributed by atoms with van der Waals surface area (Å²) >= 11 is 0. The predicted octanol–water partition coefficient (Wildman–Crippen LogP) is 1.93. The number of piperidine rings is 1. The van der Waals surface area contributed by atoms with Crippen molar-refractivity contribution in [1.29, 1.82) is 0 Å². The molecule has 9 heteroatoms. The van der Waals surface area contributed by atoms with E-state index < -0.39 is 41.1 Å². The SMILES string of the molecule is CC(C)C(=O)NC(C(=O)N1C[C@H]2[C@@H]([C@H]1C(=O)NC(CC1CC1)C(=O)C(N)=O)C2(C)C)C(C)(C)c1ccccc1. The van der Waals surface area contributed by atoms with Crippen molar-refractivity contribution >= 4 is 29.4 Å². The first-order valence-corrected chi connectivity index (χ1v) is 14.0. The second kappa shape index (κ2) is 10.4. The molecule has 4 amide bonds. The van der Waals surface area contributed by atoms with Crippen molar-refractivity contribution in [2.45, 2.75) is 84.3 Å². The minimum Gasteiger partial charge on any atom is -0.363 e. The van der Waals surface area contributed by atoms with Crippen LogP contribution < -0.4 is 16.4 Å². The van der Waals surface area contributed by atoms with Gasteiger partial charge in [0, 0.05) is 17.9 Å². The molecule has 1 saturated heterocycles. The van der Waals surface area contributed by atoms with Crippen molar-refractivity contribution in [2.75, 3.05) is 6.54 Å². The van der Waals surface area contributed by atoms with Crippen LogP contribution in [0.25, 0.3) is 0 Å². The lowest BCUT2D eigenvalue weighted by atomic mass is 9.76. The van der Waals surface area contributed by atoms with Crippen LogP contribution in [-0.2, 0) is 29.4 Å². The molecular formula is C30H42N4O5. The maximum absolute atomic E-state index is 14.3. The highest BCUT2D eigenvalue weighted by Crippen LogP contribution is 2.65. The van der Waals surface area contributed by atoms with Gasteiger partial charge in [-0.2, -0.15) is 0 Å². The largest absolute Gasteiger partial charge is 0.363 e. The number of rotatable bonds is 11. The molecule has 212 valence electrons. The third-order valence-corrected chi connectivity index (χ3v) is 9.20. The van der Waals surface area contributed by atoms with E-state index in [1.54, 1.807) is 18.7 Å². The van der Waals surface area contributed by atoms with Crippen LogP contribution in [0.1, 0.15) is 66.4 Å². The van der Waals surface area contributed by atoms with Crippen molar-refractivity contribution in [1.82, 2.24) is 15.5 Å². The van der Waals surface area contributed by atoms with Crippen LogP contribution in [0.3, 0.4) is 0 Å². The maximum Gasteiger partial charge on any atom is 0.287 e. The number of primary amides is 1. The fraction of sp³-hybridized carbons (Fsp3) is 0.633. The molecule has 0 bridgehead atoms. The number of hydrogen-bond acceptors (Lipinski definition) is 5. The first-order valence-electron chi connectivity index (χ1n) is 14.0. The maximum atomic E-state index is 14.3. The third kappa shape index (κ3) is 5.58. The van der Waals surface area contributed by atoms with Gasteiger partial charge < -0.3 is 21.3 Å². The Balaban J connectivity index is 1.64. The summed E-state index contributed by atoms with van der Waals surface area (Å²) in [6, 6.07) is 6.79. The van der Waals surface area contributed by atoms with Gasteiger partial charge in [0.25, 0.3) is 5.91 Å². The van der Waals surface area contributed by atoms with Crippen molar-refractivity contribution in [3.63, 3.8) is 0 Å². The highest BCUT2D eigenvalue weighted by molar-refractivity contribution is 6.37. The second-order valence-electron chi connectivity index (χ2n) is 13.0. The van der Waals surface area contributed by atoms with Gasteiger partial charge in [-0.05, 0) is 35.2 Å². The van der Waals surface area contributed by atoms with Gasteiger partial charge in [-0.3, -0.25) is 24.0 Å². The number of nitrogens with zero attached hydrogens (tertiary/aromatic N) is 1. The summed E-state index contributed by atoms with van der Waals surface area (Å²) < 4.78 is 0. The fourth-order valence-electron chi connectivity index (χ4n) is 6.22. The summed E-state index contributed by atoms with van der Waals surface area (Å²) in [7, 11) is 0. The number of amides is 4. The average Bonchev–Trinajstić information content (AvgIpc) is 3.73. The van der Waals surface area contributed by atoms with E-state index >= 15 is 0 Å². The summed E-state index contributed by atoms with van der Waals surface area (Å²) in [4.78, 5) is 66.9. The monoisotopic (exact) mass is 538 g/mol. The summed E-state index contributed by atoms with van der Waals surface area (Å²) in [5.41, 5.74) is 5.25. The molecule has 1 aliphatic heterocycles. The van der Waals surface area contributed by atoms with Gasteiger partial charge in [0.2, 0.25) is 23.5 Å². The first kappa shape index (κ1) is 28.8. The molecule has 9 nitrogen and oxygen atoms in total. The van der Waals surface area contributed by atoms with Crippen molar-refractivity contribution < 1.29 is 24.0 Å². The lowest BCUT2D eigenvalue weighted by molar-refractivity contribution is -0.146. The molecule has 2 saturated carbocycles. The molecule has 5 atom stereocenters. The molecular weight excluding hydrogens is 496 g/mol. The lowest BCUT2D eigenvalue weighted by Gasteiger charge is -2.40. The van der Waals surface area contributed by atoms with E-state index in [-0.39, 0.29) is 40.9 Å². The number of Topliss-reactive ketones (excluding diaryl/α,β-unsaturated/α-hetero) is 1. The third-order valence-electron chi connectivity index (χ3n) is 9.20. The Morgan fingerprint density at radius 2 is 1.67 bits per heavy atom. The Morgan fingerprint density at radius 3 is 2.21 bits per heavy atom. The molecule has 1 aromatic rings. The normalized spacial score (nSPS) is 24.9. The van der Waals surface area contributed by atoms with Crippen molar-refractivity contribution in [3.05, 3.63) is 35.9 Å². The number of carbonyl (C=O) groups is 5. The number of hydrogen-bond donors (Lipinski definition) is 3. The van der Waals surface area contributed by atoms with Crippen LogP contribution >= 0.6 is 0 Å². The number of nitrogens with one attached hydrogen (secondary N) is 2. The lowest BCUT2D eigenvalue weighted by Crippen LogP contribution is -2.62. The minimum atomic E-state index is -1.08. The van der Waals surface area contributed by atoms with Crippen LogP contribution in [0.15, 0.2) is 30.3 Å². The molecule has 4 N–H and O–H groups in total. The Kier molecular flexibility index (Phi) is 7.67. The van der Waals surface area contributed by atoms with Crippen LogP contribution in [0.2, 0.25) is 0 Å². The summed E-state index contributed by atoms with van der Waals surface area (Å²) in [5, 5.41) is 5.76. The van der Waals surface area contributed by atoms with Gasteiger partial charge in [-0.1, -0.05) is 84.7 Å². The van der Waals surface area contributed by atoms with E-state index in [0.717, 1.165) is 18.4 Å². The molecule has 0 spiro atoms. The van der Waals surface area contributed by atoms with Gasteiger partial charge in [-0.15, -0.1) is 0 Å². The van der Waals surface area contributed by atoms with Gasteiger partial charge in [0.1, 0.15) is 12.1 Å². The van der Waals surface area contributed by atoms with Crippen LogP contribution in [-0.4, -0.2) is 59.0 Å². The molecule has 39 heavy (non-hydrogen) atoms. The van der Waals surface area contributed by atoms with Gasteiger partial charge >= 0.3 is 0 Å². The fourth-order valence-corrected chi connectivity index (χ4v) is 6.22. The van der Waals surface area contributed by atoms with E-state index in [0.29, 0.717) is 13.0 Å². The molecule has 2 aliphatic carbocycles. The zero-order chi connectivity index (χ0) is 28.9. The van der Waals surface area contributed by atoms with E-state index in [2.05, 4.69) is 24.5 Å². The number of ketones is 1. The van der Waals surface area contributed by atoms with E-state index in [1.165, 1.54) is 0 Å². The zero-order valence-corrected chi connectivity index (χ0v) is 23.8. The Hall–Kier alpha value is -3.23. The van der Waals surface area contributed by atoms with Gasteiger partial charge in [0.15, 0.2) is 0 Å². The average molecular weight is 539 g/mol. The minimum absolute atomic E-state index is 0.0898. The summed E-state index contributed by atoms with van der Waals surface area (Å²) in [6.07, 6.45) is 2.24. The Bertz CT molecular complexity index is 1160. The van der Waals surface area contributed by atoms with Crippen molar-refractivity contribution in [2.24, 2.45) is 34.8 Å². The molecule has 4 rings (SSSR count). The smallest absolute Gasteiger partial charge is 0.287 e. The van der Waals surface area contributed by atoms with Gasteiger partial charge in [0.05, 0.1) is 6.04 Å². The van der Waals surface area contributed by atoms with Crippen LogP contribution in [0, 0.1) is 29.1 Å². The van der Waals surface area contributed by atoms with E-state index in [1.807, 2.05) is 44.2 Å². The molecule has 3 fully saturated rings. The predicted molar refractivity (Wildman–Crippen MR) is 146 cm³/mol. The standard InChI is InChI=1S/C30H42N4O5/c1-16(2)26(37)33-24(29(3,4)18-10-8-7-9-11-18)28(39)34-15-19-21(30(19,5)6)22(34)27(38)32-20(14-17-12-13-17)23(35)25(31)36/h7-11,16-17,19-22,24H,12-15H2,1-6H3,(H2,31,36)(H,32,38)(H,33,37)/t19-,20?,21-,22-,24?/m0/s1. The second-order valence-corrected chi connectivity index (χ2v) is 13.0. The summed E-state index contributed by atoms with van der Waals surface area (Å²) in [5.74, 6) is -2.96. The molecule has 0 radical (unpaired) electrons. The molecule has 1 aromatic carbocycles. The Morgan fingerprint density at radius 1 is 1.05 bits per heavy atom. The number of likely N-dealkylation sites (tertiary alicyclic amines) is 1. The van der Waals surface area contributed by atoms with E-state index in [9.17, 15) is 24.0 Å². The molecule has 1 heterocycles. The topological polar surface area (TPSA) is 139 Å². The molecule has 2 unspecified atom stereocenters. The number of carbonyl (C=O) groups excluding carboxylic acids is 5. The quantitative estimate of drug-likeness (QED) is 0.370. The summed E-state index contributed by atoms with van der Waals surface area (Å²) in [6.45, 7) is 11.9. The highest BCUT2D eigenvalue weighted by Gasteiger charge is 2.70. The number of fused-ring (bicyclic) bond motifs is 1. The number of benzene rings is 1. The van der Waals surface area contributed by atoms with E-state index in [4.69, 9.17) is 5.73 Å². The zero-order valence-electron chi connectivity index (χ0n) is 23.8. The van der Waals surface area contributed by atoms with Crippen LogP contribution in [0.5, 0.6) is 0 Å². The van der Waals surface area contributed by atoms with Gasteiger partial charge in [-0.25, -0.2) is 0 Å². The first-order chi connectivity index (χ1) is 18.2. The molecule has 0 aromatic heterocycles. The molecule has 3 aliphatic rings. The van der Waals surface area contributed by atoms with Crippen molar-refractivity contribution in [3.8, 4) is 0 Å². The highest BCUT2D eigenvalue weighted by atomic mass is 16.2. The van der Waals surface area contributed by atoms with Crippen LogP contribution in [0.4, 0.5) is 0 Å². The number of nitrogens with two attached hydrogens (primary N) is 1.